The monoisotopic (exact) mass is 278 g/mol. The molecule has 6 heteroatoms. The maximum Gasteiger partial charge on any atom is 0.261 e. The number of rotatable bonds is 2. The average Bonchev–Trinajstić information content (AvgIpc) is 2.43. The third-order valence-electron chi connectivity index (χ3n) is 3.57. The molecular formula is C14H15FN2O3. The molecule has 2 heterocycles. The van der Waals surface area contributed by atoms with Crippen molar-refractivity contribution in [3.8, 4) is 0 Å². The number of fused-ring (bicyclic) bond motifs is 1. The Balaban J connectivity index is 2.00. The van der Waals surface area contributed by atoms with Crippen LogP contribution in [0.3, 0.4) is 0 Å². The summed E-state index contributed by atoms with van der Waals surface area (Å²) in [6, 6.07) is 4.27. The van der Waals surface area contributed by atoms with Crippen LogP contribution in [0.5, 0.6) is 0 Å². The number of hydrogen-bond donors (Lipinski definition) is 1. The van der Waals surface area contributed by atoms with Gasteiger partial charge in [0.2, 0.25) is 0 Å². The lowest BCUT2D eigenvalue weighted by molar-refractivity contribution is -0.0947. The smallest absolute Gasteiger partial charge is 0.261 e. The first-order valence-corrected chi connectivity index (χ1v) is 6.53. The highest BCUT2D eigenvalue weighted by molar-refractivity contribution is 5.77. The molecule has 20 heavy (non-hydrogen) atoms. The molecular weight excluding hydrogens is 263 g/mol. The maximum atomic E-state index is 13.6. The van der Waals surface area contributed by atoms with Gasteiger partial charge in [-0.2, -0.15) is 0 Å². The Kier molecular flexibility index (Phi) is 3.27. The molecule has 1 N–H and O–H groups in total. The van der Waals surface area contributed by atoms with E-state index in [4.69, 9.17) is 4.74 Å². The van der Waals surface area contributed by atoms with Gasteiger partial charge >= 0.3 is 0 Å². The lowest BCUT2D eigenvalue weighted by Gasteiger charge is -2.32. The molecule has 5 nitrogen and oxygen atoms in total. The zero-order chi connectivity index (χ0) is 14.2. The van der Waals surface area contributed by atoms with Crippen molar-refractivity contribution in [3.05, 3.63) is 40.7 Å². The van der Waals surface area contributed by atoms with E-state index in [1.165, 1.54) is 29.1 Å². The van der Waals surface area contributed by atoms with E-state index >= 15 is 0 Å². The molecule has 0 radical (unpaired) electrons. The minimum Gasteiger partial charge on any atom is -0.386 e. The quantitative estimate of drug-likeness (QED) is 0.892. The van der Waals surface area contributed by atoms with E-state index in [2.05, 4.69) is 4.98 Å². The molecule has 0 aliphatic carbocycles. The molecule has 1 saturated heterocycles. The second kappa shape index (κ2) is 4.96. The first-order chi connectivity index (χ1) is 9.59. The summed E-state index contributed by atoms with van der Waals surface area (Å²) in [5.41, 5.74) is -1.36. The highest BCUT2D eigenvalue weighted by Crippen LogP contribution is 2.20. The molecule has 3 rings (SSSR count). The standard InChI is InChI=1S/C14H15FN2O3/c15-11-4-1-3-10-12(11)16-9-17(13(10)18)7-14(19)5-2-6-20-8-14/h1,3-4,9,19H,2,5-8H2. The lowest BCUT2D eigenvalue weighted by Crippen LogP contribution is -2.44. The van der Waals surface area contributed by atoms with Gasteiger partial charge in [-0.05, 0) is 25.0 Å². The number of hydrogen-bond acceptors (Lipinski definition) is 4. The highest BCUT2D eigenvalue weighted by atomic mass is 19.1. The van der Waals surface area contributed by atoms with Crippen molar-refractivity contribution < 1.29 is 14.2 Å². The molecule has 0 saturated carbocycles. The van der Waals surface area contributed by atoms with Crippen molar-refractivity contribution in [1.82, 2.24) is 9.55 Å². The van der Waals surface area contributed by atoms with E-state index < -0.39 is 11.4 Å². The molecule has 106 valence electrons. The molecule has 1 fully saturated rings. The zero-order valence-electron chi connectivity index (χ0n) is 10.9. The van der Waals surface area contributed by atoms with Gasteiger partial charge in [0.05, 0.1) is 24.9 Å². The summed E-state index contributed by atoms with van der Waals surface area (Å²) in [6.07, 6.45) is 2.60. The first-order valence-electron chi connectivity index (χ1n) is 6.53. The van der Waals surface area contributed by atoms with Crippen LogP contribution in [0.4, 0.5) is 4.39 Å². The van der Waals surface area contributed by atoms with Gasteiger partial charge in [0.25, 0.3) is 5.56 Å². The fraction of sp³-hybridized carbons (Fsp3) is 0.429. The molecule has 2 aromatic rings. The molecule has 1 aliphatic heterocycles. The van der Waals surface area contributed by atoms with Gasteiger partial charge in [0.15, 0.2) is 0 Å². The lowest BCUT2D eigenvalue weighted by atomic mass is 9.96. The van der Waals surface area contributed by atoms with Crippen LogP contribution < -0.4 is 5.56 Å². The molecule has 1 aliphatic rings. The summed E-state index contributed by atoms with van der Waals surface area (Å²) in [5, 5.41) is 10.6. The fourth-order valence-corrected chi connectivity index (χ4v) is 2.55. The highest BCUT2D eigenvalue weighted by Gasteiger charge is 2.31. The van der Waals surface area contributed by atoms with Crippen LogP contribution in [0.2, 0.25) is 0 Å². The predicted octanol–water partition coefficient (Wildman–Crippen LogP) is 1.08. The van der Waals surface area contributed by atoms with E-state index in [1.807, 2.05) is 0 Å². The van der Waals surface area contributed by atoms with Gasteiger partial charge < -0.3 is 9.84 Å². The van der Waals surface area contributed by atoms with Gasteiger partial charge in [0, 0.05) is 6.61 Å². The van der Waals surface area contributed by atoms with Crippen molar-refractivity contribution >= 4 is 10.9 Å². The number of nitrogens with zero attached hydrogens (tertiary/aromatic N) is 2. The molecule has 0 bridgehead atoms. The van der Waals surface area contributed by atoms with Crippen molar-refractivity contribution in [1.29, 1.82) is 0 Å². The number of para-hydroxylation sites is 1. The van der Waals surface area contributed by atoms with Gasteiger partial charge in [-0.3, -0.25) is 9.36 Å². The van der Waals surface area contributed by atoms with Crippen LogP contribution in [0, 0.1) is 5.82 Å². The first kappa shape index (κ1) is 13.2. The Hall–Kier alpha value is -1.79. The Morgan fingerprint density at radius 2 is 2.35 bits per heavy atom. The molecule has 1 aromatic carbocycles. The van der Waals surface area contributed by atoms with Crippen LogP contribution in [-0.2, 0) is 11.3 Å². The Morgan fingerprint density at radius 1 is 1.50 bits per heavy atom. The Bertz CT molecular complexity index is 692. The largest absolute Gasteiger partial charge is 0.386 e. The van der Waals surface area contributed by atoms with Crippen molar-refractivity contribution in [2.24, 2.45) is 0 Å². The molecule has 1 atom stereocenters. The van der Waals surface area contributed by atoms with Crippen LogP contribution in [0.15, 0.2) is 29.3 Å². The van der Waals surface area contributed by atoms with E-state index in [0.717, 1.165) is 6.42 Å². The number of halogens is 1. The number of benzene rings is 1. The van der Waals surface area contributed by atoms with Crippen molar-refractivity contribution in [2.45, 2.75) is 25.0 Å². The average molecular weight is 278 g/mol. The third kappa shape index (κ3) is 2.32. The summed E-state index contributed by atoms with van der Waals surface area (Å²) >= 11 is 0. The van der Waals surface area contributed by atoms with Gasteiger partial charge in [-0.1, -0.05) is 6.07 Å². The van der Waals surface area contributed by atoms with Gasteiger partial charge in [-0.25, -0.2) is 9.37 Å². The Labute approximate surface area is 114 Å². The number of aromatic nitrogens is 2. The SMILES string of the molecule is O=c1c2cccc(F)c2ncn1CC1(O)CCCOC1. The van der Waals surface area contributed by atoms with Crippen LogP contribution in [-0.4, -0.2) is 33.5 Å². The topological polar surface area (TPSA) is 64.4 Å². The normalized spacial score (nSPS) is 23.1. The summed E-state index contributed by atoms with van der Waals surface area (Å²) in [7, 11) is 0. The van der Waals surface area contributed by atoms with E-state index in [9.17, 15) is 14.3 Å². The minimum absolute atomic E-state index is 0.0561. The summed E-state index contributed by atoms with van der Waals surface area (Å²) in [6.45, 7) is 0.921. The van der Waals surface area contributed by atoms with E-state index in [-0.39, 0.29) is 29.6 Å². The number of ether oxygens (including phenoxy) is 1. The second-order valence-corrected chi connectivity index (χ2v) is 5.19. The van der Waals surface area contributed by atoms with Crippen molar-refractivity contribution in [2.75, 3.05) is 13.2 Å². The minimum atomic E-state index is -1.06. The Morgan fingerprint density at radius 3 is 3.10 bits per heavy atom. The summed E-state index contributed by atoms with van der Waals surface area (Å²) in [5.74, 6) is -0.522. The second-order valence-electron chi connectivity index (χ2n) is 5.19. The van der Waals surface area contributed by atoms with Crippen molar-refractivity contribution in [3.63, 3.8) is 0 Å². The fourth-order valence-electron chi connectivity index (χ4n) is 2.55. The summed E-state index contributed by atoms with van der Waals surface area (Å²) in [4.78, 5) is 16.3. The maximum absolute atomic E-state index is 13.6. The molecule has 1 aromatic heterocycles. The molecule has 0 amide bonds. The van der Waals surface area contributed by atoms with E-state index in [1.54, 1.807) is 0 Å². The van der Waals surface area contributed by atoms with Gasteiger partial charge in [-0.15, -0.1) is 0 Å². The van der Waals surface area contributed by atoms with Crippen LogP contribution in [0.1, 0.15) is 12.8 Å². The predicted molar refractivity (Wildman–Crippen MR) is 71.0 cm³/mol. The van der Waals surface area contributed by atoms with Gasteiger partial charge in [0.1, 0.15) is 16.9 Å². The third-order valence-corrected chi connectivity index (χ3v) is 3.57. The summed E-state index contributed by atoms with van der Waals surface area (Å²) < 4.78 is 20.1. The van der Waals surface area contributed by atoms with E-state index in [0.29, 0.717) is 13.0 Å². The van der Waals surface area contributed by atoms with Crippen LogP contribution >= 0.6 is 0 Å². The zero-order valence-corrected chi connectivity index (χ0v) is 10.9. The number of aliphatic hydroxyl groups is 1. The van der Waals surface area contributed by atoms with Crippen LogP contribution in [0.25, 0.3) is 10.9 Å². The molecule has 0 spiro atoms. The molecule has 1 unspecified atom stereocenters.